The summed E-state index contributed by atoms with van der Waals surface area (Å²) in [4.78, 5) is 42.7. The van der Waals surface area contributed by atoms with Crippen LogP contribution < -0.4 is 0 Å². The Hall–Kier alpha value is -2.21. The monoisotopic (exact) mass is 371 g/mol. The van der Waals surface area contributed by atoms with E-state index in [9.17, 15) is 14.4 Å². The van der Waals surface area contributed by atoms with Crippen molar-refractivity contribution in [2.45, 2.75) is 33.6 Å². The fourth-order valence-electron chi connectivity index (χ4n) is 3.81. The highest BCUT2D eigenvalue weighted by Gasteiger charge is 2.34. The summed E-state index contributed by atoms with van der Waals surface area (Å²) >= 11 is 0. The Balaban J connectivity index is 1.43. The molecule has 146 valence electrons. The summed E-state index contributed by atoms with van der Waals surface area (Å²) in [5.74, 6) is -0.389. The third kappa shape index (κ3) is 4.56. The number of imide groups is 1. The summed E-state index contributed by atoms with van der Waals surface area (Å²) in [5, 5.41) is 0. The summed E-state index contributed by atoms with van der Waals surface area (Å²) in [5.41, 5.74) is 1.19. The van der Waals surface area contributed by atoms with Gasteiger partial charge in [0, 0.05) is 45.7 Å². The minimum Gasteiger partial charge on any atom is -0.340 e. The lowest BCUT2D eigenvalue weighted by Gasteiger charge is -2.37. The number of rotatable bonds is 5. The zero-order valence-electron chi connectivity index (χ0n) is 16.5. The normalized spacial score (nSPS) is 18.2. The maximum absolute atomic E-state index is 12.5. The minimum atomic E-state index is -0.251. The van der Waals surface area contributed by atoms with E-state index in [0.29, 0.717) is 30.5 Å². The van der Waals surface area contributed by atoms with Crippen LogP contribution in [0.3, 0.4) is 0 Å². The van der Waals surface area contributed by atoms with Gasteiger partial charge in [-0.05, 0) is 24.0 Å². The highest BCUT2D eigenvalue weighted by molar-refractivity contribution is 6.21. The molecule has 27 heavy (non-hydrogen) atoms. The quantitative estimate of drug-likeness (QED) is 0.745. The number of carbonyl (C=O) groups excluding carboxylic acids is 3. The molecule has 0 N–H and O–H groups in total. The van der Waals surface area contributed by atoms with E-state index in [0.717, 1.165) is 32.7 Å². The van der Waals surface area contributed by atoms with Gasteiger partial charge in [-0.2, -0.15) is 0 Å². The molecule has 6 nitrogen and oxygen atoms in total. The Morgan fingerprint density at radius 3 is 2.04 bits per heavy atom. The zero-order valence-corrected chi connectivity index (χ0v) is 16.5. The van der Waals surface area contributed by atoms with Crippen molar-refractivity contribution in [2.24, 2.45) is 5.41 Å². The Bertz CT molecular complexity index is 695. The van der Waals surface area contributed by atoms with Gasteiger partial charge in [-0.15, -0.1) is 0 Å². The van der Waals surface area contributed by atoms with Crippen LogP contribution in [0.15, 0.2) is 24.3 Å². The Morgan fingerprint density at radius 1 is 0.963 bits per heavy atom. The van der Waals surface area contributed by atoms with Crippen LogP contribution in [-0.4, -0.2) is 71.7 Å². The van der Waals surface area contributed by atoms with Crippen LogP contribution in [0, 0.1) is 5.41 Å². The van der Waals surface area contributed by atoms with E-state index in [1.54, 1.807) is 24.3 Å². The molecule has 3 amide bonds. The van der Waals surface area contributed by atoms with E-state index < -0.39 is 0 Å². The summed E-state index contributed by atoms with van der Waals surface area (Å²) in [6, 6.07) is 6.88. The fraction of sp³-hybridized carbons (Fsp3) is 0.571. The lowest BCUT2D eigenvalue weighted by Crippen LogP contribution is -2.50. The molecule has 0 radical (unpaired) electrons. The number of benzene rings is 1. The molecule has 6 heteroatoms. The summed E-state index contributed by atoms with van der Waals surface area (Å²) in [6.45, 7) is 11.3. The van der Waals surface area contributed by atoms with Crippen LogP contribution in [0.2, 0.25) is 0 Å². The standard InChI is InChI=1S/C21H29N3O3/c1-21(2,3)15-22-11-13-23(14-12-22)18(25)9-6-10-24-19(26)16-7-4-5-8-17(16)20(24)27/h4-5,7-8H,6,9-15H2,1-3H3. The average molecular weight is 371 g/mol. The van der Waals surface area contributed by atoms with Gasteiger partial charge in [0.05, 0.1) is 11.1 Å². The van der Waals surface area contributed by atoms with E-state index in [2.05, 4.69) is 25.7 Å². The minimum absolute atomic E-state index is 0.113. The first-order valence-corrected chi connectivity index (χ1v) is 9.72. The molecule has 0 saturated carbocycles. The van der Waals surface area contributed by atoms with Crippen molar-refractivity contribution >= 4 is 17.7 Å². The molecule has 1 saturated heterocycles. The Kier molecular flexibility index (Phi) is 5.65. The van der Waals surface area contributed by atoms with Gasteiger partial charge in [0.1, 0.15) is 0 Å². The van der Waals surface area contributed by atoms with E-state index in [1.165, 1.54) is 4.90 Å². The number of amides is 3. The first-order chi connectivity index (χ1) is 12.8. The van der Waals surface area contributed by atoms with E-state index in [-0.39, 0.29) is 23.1 Å². The van der Waals surface area contributed by atoms with Gasteiger partial charge in [-0.1, -0.05) is 32.9 Å². The largest absolute Gasteiger partial charge is 0.340 e. The predicted octanol–water partition coefficient (Wildman–Crippen LogP) is 2.25. The summed E-state index contributed by atoms with van der Waals surface area (Å²) in [7, 11) is 0. The van der Waals surface area contributed by atoms with E-state index in [4.69, 9.17) is 0 Å². The highest BCUT2D eigenvalue weighted by atomic mass is 16.2. The smallest absolute Gasteiger partial charge is 0.261 e. The first kappa shape index (κ1) is 19.5. The third-order valence-corrected chi connectivity index (χ3v) is 5.07. The zero-order chi connectivity index (χ0) is 19.6. The van der Waals surface area contributed by atoms with Crippen LogP contribution >= 0.6 is 0 Å². The predicted molar refractivity (Wildman–Crippen MR) is 104 cm³/mol. The maximum atomic E-state index is 12.5. The second kappa shape index (κ2) is 7.80. The number of carbonyl (C=O) groups is 3. The number of hydrogen-bond acceptors (Lipinski definition) is 4. The van der Waals surface area contributed by atoms with Crippen molar-refractivity contribution in [1.82, 2.24) is 14.7 Å². The molecular weight excluding hydrogens is 342 g/mol. The van der Waals surface area contributed by atoms with Crippen molar-refractivity contribution in [3.63, 3.8) is 0 Å². The van der Waals surface area contributed by atoms with Crippen LogP contribution in [-0.2, 0) is 4.79 Å². The second-order valence-corrected chi connectivity index (χ2v) is 8.63. The Morgan fingerprint density at radius 2 is 1.52 bits per heavy atom. The SMILES string of the molecule is CC(C)(C)CN1CCN(C(=O)CCCN2C(=O)c3ccccc3C2=O)CC1. The van der Waals surface area contributed by atoms with E-state index >= 15 is 0 Å². The lowest BCUT2D eigenvalue weighted by molar-refractivity contribution is -0.133. The molecule has 0 aliphatic carbocycles. The molecule has 3 rings (SSSR count). The van der Waals surface area contributed by atoms with Crippen molar-refractivity contribution in [3.8, 4) is 0 Å². The van der Waals surface area contributed by atoms with Crippen LogP contribution in [0.5, 0.6) is 0 Å². The lowest BCUT2D eigenvalue weighted by atomic mass is 9.96. The van der Waals surface area contributed by atoms with Crippen molar-refractivity contribution < 1.29 is 14.4 Å². The molecule has 2 aliphatic heterocycles. The molecule has 2 aliphatic rings. The molecule has 0 aromatic heterocycles. The number of nitrogens with zero attached hydrogens (tertiary/aromatic N) is 3. The third-order valence-electron chi connectivity index (χ3n) is 5.07. The van der Waals surface area contributed by atoms with Crippen LogP contribution in [0.25, 0.3) is 0 Å². The van der Waals surface area contributed by atoms with Gasteiger partial charge >= 0.3 is 0 Å². The summed E-state index contributed by atoms with van der Waals surface area (Å²) < 4.78 is 0. The molecule has 1 fully saturated rings. The van der Waals surface area contributed by atoms with Crippen molar-refractivity contribution in [3.05, 3.63) is 35.4 Å². The van der Waals surface area contributed by atoms with Gasteiger partial charge in [0.25, 0.3) is 11.8 Å². The number of piperazine rings is 1. The molecule has 2 heterocycles. The Labute approximate surface area is 161 Å². The summed E-state index contributed by atoms with van der Waals surface area (Å²) in [6.07, 6.45) is 0.874. The van der Waals surface area contributed by atoms with Gasteiger partial charge in [0.15, 0.2) is 0 Å². The van der Waals surface area contributed by atoms with Crippen molar-refractivity contribution in [1.29, 1.82) is 0 Å². The average Bonchev–Trinajstić information content (AvgIpc) is 2.86. The molecule has 1 aromatic rings. The van der Waals surface area contributed by atoms with Gasteiger partial charge in [-0.25, -0.2) is 0 Å². The first-order valence-electron chi connectivity index (χ1n) is 9.72. The van der Waals surface area contributed by atoms with E-state index in [1.807, 2.05) is 4.90 Å². The molecule has 1 aromatic carbocycles. The molecule has 0 bridgehead atoms. The maximum Gasteiger partial charge on any atom is 0.261 e. The second-order valence-electron chi connectivity index (χ2n) is 8.63. The molecular formula is C21H29N3O3. The molecule has 0 spiro atoms. The number of hydrogen-bond donors (Lipinski definition) is 0. The number of fused-ring (bicyclic) bond motifs is 1. The van der Waals surface area contributed by atoms with Crippen molar-refractivity contribution in [2.75, 3.05) is 39.3 Å². The van der Waals surface area contributed by atoms with Gasteiger partial charge < -0.3 is 4.90 Å². The van der Waals surface area contributed by atoms with Crippen LogP contribution in [0.4, 0.5) is 0 Å². The fourth-order valence-corrected chi connectivity index (χ4v) is 3.81. The van der Waals surface area contributed by atoms with Gasteiger partial charge in [-0.3, -0.25) is 24.2 Å². The van der Waals surface area contributed by atoms with Gasteiger partial charge in [0.2, 0.25) is 5.91 Å². The molecule has 0 unspecified atom stereocenters. The highest BCUT2D eigenvalue weighted by Crippen LogP contribution is 2.23. The molecule has 0 atom stereocenters. The topological polar surface area (TPSA) is 60.9 Å². The van der Waals surface area contributed by atoms with Crippen LogP contribution in [0.1, 0.15) is 54.3 Å².